The Morgan fingerprint density at radius 2 is 1.89 bits per heavy atom. The van der Waals surface area contributed by atoms with Gasteiger partial charge in [-0.3, -0.25) is 4.79 Å². The number of hydrogen-bond donors (Lipinski definition) is 1. The van der Waals surface area contributed by atoms with Crippen molar-refractivity contribution in [3.8, 4) is 0 Å². The highest BCUT2D eigenvalue weighted by atomic mass is 19.1. The zero-order valence-corrected chi connectivity index (χ0v) is 10.8. The van der Waals surface area contributed by atoms with E-state index in [2.05, 4.69) is 5.32 Å². The van der Waals surface area contributed by atoms with Gasteiger partial charge in [0.2, 0.25) is 5.91 Å². The molecule has 1 amide bonds. The first-order chi connectivity index (χ1) is 8.66. The highest BCUT2D eigenvalue weighted by Crippen LogP contribution is 2.38. The van der Waals surface area contributed by atoms with Crippen molar-refractivity contribution in [2.24, 2.45) is 0 Å². The Hall–Kier alpha value is -1.38. The Bertz CT molecular complexity index is 407. The zero-order chi connectivity index (χ0) is 13.0. The molecule has 98 valence electrons. The summed E-state index contributed by atoms with van der Waals surface area (Å²) in [6.45, 7) is 2.00. The topological polar surface area (TPSA) is 29.1 Å². The molecule has 18 heavy (non-hydrogen) atoms. The molecule has 1 fully saturated rings. The molecule has 1 aliphatic rings. The average molecular weight is 249 g/mol. The minimum Gasteiger partial charge on any atom is -0.347 e. The molecular formula is C15H20FNO. The van der Waals surface area contributed by atoms with Gasteiger partial charge in [-0.25, -0.2) is 4.39 Å². The van der Waals surface area contributed by atoms with Gasteiger partial charge in [0.1, 0.15) is 5.82 Å². The van der Waals surface area contributed by atoms with Crippen molar-refractivity contribution >= 4 is 5.91 Å². The van der Waals surface area contributed by atoms with Crippen molar-refractivity contribution in [2.75, 3.05) is 0 Å². The molecule has 1 saturated carbocycles. The summed E-state index contributed by atoms with van der Waals surface area (Å²) in [7, 11) is 0. The molecule has 0 spiro atoms. The van der Waals surface area contributed by atoms with Crippen molar-refractivity contribution in [3.05, 3.63) is 35.6 Å². The monoisotopic (exact) mass is 249 g/mol. The minimum atomic E-state index is -0.264. The summed E-state index contributed by atoms with van der Waals surface area (Å²) in [5.41, 5.74) is 0.769. The van der Waals surface area contributed by atoms with E-state index in [1.807, 2.05) is 6.92 Å². The summed E-state index contributed by atoms with van der Waals surface area (Å²) >= 11 is 0. The van der Waals surface area contributed by atoms with Gasteiger partial charge in [-0.2, -0.15) is 0 Å². The molecule has 1 N–H and O–H groups in total. The summed E-state index contributed by atoms with van der Waals surface area (Å²) in [4.78, 5) is 11.9. The summed E-state index contributed by atoms with van der Waals surface area (Å²) in [5, 5.41) is 3.17. The average Bonchev–Trinajstić information content (AvgIpc) is 2.79. The van der Waals surface area contributed by atoms with Crippen molar-refractivity contribution in [3.63, 3.8) is 0 Å². The van der Waals surface area contributed by atoms with Gasteiger partial charge in [0, 0.05) is 6.42 Å². The molecule has 2 nitrogen and oxygen atoms in total. The molecule has 0 atom stereocenters. The van der Waals surface area contributed by atoms with E-state index in [4.69, 9.17) is 0 Å². The van der Waals surface area contributed by atoms with Crippen LogP contribution in [0.1, 0.15) is 51.0 Å². The predicted molar refractivity (Wildman–Crippen MR) is 69.6 cm³/mol. The second-order valence-electron chi connectivity index (χ2n) is 5.09. The van der Waals surface area contributed by atoms with Crippen molar-refractivity contribution in [1.82, 2.24) is 5.32 Å². The molecule has 0 bridgehead atoms. The normalized spacial score (nSPS) is 17.7. The lowest BCUT2D eigenvalue weighted by Crippen LogP contribution is -2.43. The van der Waals surface area contributed by atoms with Crippen LogP contribution in [0.25, 0.3) is 0 Å². The van der Waals surface area contributed by atoms with Crippen LogP contribution in [0.5, 0.6) is 0 Å². The number of amides is 1. The molecule has 2 rings (SSSR count). The number of carbonyl (C=O) groups excluding carboxylic acids is 1. The first kappa shape index (κ1) is 13.1. The Morgan fingerprint density at radius 1 is 1.28 bits per heavy atom. The first-order valence-electron chi connectivity index (χ1n) is 6.73. The van der Waals surface area contributed by atoms with Crippen LogP contribution < -0.4 is 5.32 Å². The van der Waals surface area contributed by atoms with E-state index >= 15 is 0 Å². The number of rotatable bonds is 4. The second kappa shape index (κ2) is 5.51. The summed E-state index contributed by atoms with van der Waals surface area (Å²) in [6, 6.07) is 6.54. The molecule has 0 aliphatic heterocycles. The molecular weight excluding hydrogens is 229 g/mol. The fraction of sp³-hybridized carbons (Fsp3) is 0.533. The van der Waals surface area contributed by atoms with Crippen LogP contribution in [0.3, 0.4) is 0 Å². The number of nitrogens with one attached hydrogen (secondary N) is 1. The SMILES string of the molecule is CCCC(=O)NC1(c2ccc(F)cc2)CCCC1. The van der Waals surface area contributed by atoms with Gasteiger partial charge in [0.25, 0.3) is 0 Å². The maximum atomic E-state index is 13.0. The molecule has 0 unspecified atom stereocenters. The van der Waals surface area contributed by atoms with Gasteiger partial charge >= 0.3 is 0 Å². The molecule has 0 radical (unpaired) electrons. The highest BCUT2D eigenvalue weighted by Gasteiger charge is 2.36. The van der Waals surface area contributed by atoms with Crippen LogP contribution >= 0.6 is 0 Å². The molecule has 1 aliphatic carbocycles. The molecule has 3 heteroatoms. The van der Waals surface area contributed by atoms with Crippen LogP contribution in [-0.2, 0) is 10.3 Å². The largest absolute Gasteiger partial charge is 0.347 e. The Balaban J connectivity index is 2.21. The first-order valence-corrected chi connectivity index (χ1v) is 6.73. The smallest absolute Gasteiger partial charge is 0.220 e. The number of halogens is 1. The van der Waals surface area contributed by atoms with E-state index in [0.29, 0.717) is 6.42 Å². The van der Waals surface area contributed by atoms with E-state index in [1.165, 1.54) is 12.1 Å². The van der Waals surface area contributed by atoms with E-state index in [1.54, 1.807) is 12.1 Å². The quantitative estimate of drug-likeness (QED) is 0.869. The number of hydrogen-bond acceptors (Lipinski definition) is 1. The Kier molecular flexibility index (Phi) is 4.00. The highest BCUT2D eigenvalue weighted by molar-refractivity contribution is 5.77. The van der Waals surface area contributed by atoms with Crippen LogP contribution in [0.4, 0.5) is 4.39 Å². The van der Waals surface area contributed by atoms with Crippen LogP contribution in [0.15, 0.2) is 24.3 Å². The number of carbonyl (C=O) groups is 1. The van der Waals surface area contributed by atoms with Gasteiger partial charge in [0.15, 0.2) is 0 Å². The lowest BCUT2D eigenvalue weighted by Gasteiger charge is -2.31. The number of benzene rings is 1. The predicted octanol–water partition coefficient (Wildman–Crippen LogP) is 3.51. The summed E-state index contributed by atoms with van der Waals surface area (Å²) in [5.74, 6) is -0.129. The van der Waals surface area contributed by atoms with Gasteiger partial charge in [0.05, 0.1) is 5.54 Å². The van der Waals surface area contributed by atoms with Crippen LogP contribution in [-0.4, -0.2) is 5.91 Å². The van der Waals surface area contributed by atoms with Gasteiger partial charge in [-0.1, -0.05) is 31.9 Å². The molecule has 0 aromatic heterocycles. The molecule has 1 aromatic carbocycles. The van der Waals surface area contributed by atoms with E-state index < -0.39 is 0 Å². The fourth-order valence-corrected chi connectivity index (χ4v) is 2.79. The fourth-order valence-electron chi connectivity index (χ4n) is 2.79. The second-order valence-corrected chi connectivity index (χ2v) is 5.09. The van der Waals surface area contributed by atoms with E-state index in [9.17, 15) is 9.18 Å². The maximum absolute atomic E-state index is 13.0. The van der Waals surface area contributed by atoms with E-state index in [0.717, 1.165) is 37.7 Å². The molecule has 1 aromatic rings. The lowest BCUT2D eigenvalue weighted by atomic mass is 9.88. The third-order valence-corrected chi connectivity index (χ3v) is 3.71. The summed E-state index contributed by atoms with van der Waals surface area (Å²) < 4.78 is 13.0. The van der Waals surface area contributed by atoms with Crippen molar-refractivity contribution in [2.45, 2.75) is 51.0 Å². The van der Waals surface area contributed by atoms with Gasteiger partial charge in [-0.05, 0) is 37.0 Å². The molecule has 0 saturated heterocycles. The van der Waals surface area contributed by atoms with Crippen molar-refractivity contribution < 1.29 is 9.18 Å². The Morgan fingerprint density at radius 3 is 2.44 bits per heavy atom. The third-order valence-electron chi connectivity index (χ3n) is 3.71. The van der Waals surface area contributed by atoms with Crippen LogP contribution in [0, 0.1) is 5.82 Å². The molecule has 0 heterocycles. The van der Waals surface area contributed by atoms with E-state index in [-0.39, 0.29) is 17.3 Å². The minimum absolute atomic E-state index is 0.101. The van der Waals surface area contributed by atoms with Gasteiger partial charge < -0.3 is 5.32 Å². The van der Waals surface area contributed by atoms with Gasteiger partial charge in [-0.15, -0.1) is 0 Å². The van der Waals surface area contributed by atoms with Crippen molar-refractivity contribution in [1.29, 1.82) is 0 Å². The van der Waals surface area contributed by atoms with Crippen LogP contribution in [0.2, 0.25) is 0 Å². The summed E-state index contributed by atoms with van der Waals surface area (Å²) in [6.07, 6.45) is 5.55. The zero-order valence-electron chi connectivity index (χ0n) is 10.8. The standard InChI is InChI=1S/C15H20FNO/c1-2-5-14(18)17-15(10-3-4-11-15)12-6-8-13(16)9-7-12/h6-9H,2-5,10-11H2,1H3,(H,17,18). The third kappa shape index (κ3) is 2.71. The Labute approximate surface area is 108 Å². The lowest BCUT2D eigenvalue weighted by molar-refractivity contribution is -0.123. The maximum Gasteiger partial charge on any atom is 0.220 e.